The molecule has 0 radical (unpaired) electrons. The number of hydrogen-bond acceptors (Lipinski definition) is 3. The lowest BCUT2D eigenvalue weighted by Crippen LogP contribution is -2.30. The second-order valence-electron chi connectivity index (χ2n) is 24.4. The first-order valence-corrected chi connectivity index (χ1v) is 30.8. The van der Waals surface area contributed by atoms with Crippen LogP contribution < -0.4 is 18.3 Å². The predicted octanol–water partition coefficient (Wildman–Crippen LogP) is 16.5. The highest BCUT2D eigenvalue weighted by atomic mass is 16.3. The third-order valence-electron chi connectivity index (χ3n) is 17.8. The summed E-state index contributed by atoms with van der Waals surface area (Å²) in [6, 6.07) is 62.1. The van der Waals surface area contributed by atoms with Crippen LogP contribution in [-0.4, -0.2) is 23.3 Å². The van der Waals surface area contributed by atoms with Crippen molar-refractivity contribution in [2.24, 2.45) is 49.3 Å². The van der Waals surface area contributed by atoms with Gasteiger partial charge >= 0.3 is 0 Å². The number of imidazole rings is 4. The maximum absolute atomic E-state index is 6.17. The first kappa shape index (κ1) is 59.2. The van der Waals surface area contributed by atoms with Crippen LogP contribution in [0.5, 0.6) is 0 Å². The summed E-state index contributed by atoms with van der Waals surface area (Å²) in [4.78, 5) is 4.34. The minimum absolute atomic E-state index is 0.444. The van der Waals surface area contributed by atoms with Crippen LogP contribution >= 0.6 is 0 Å². The van der Waals surface area contributed by atoms with Crippen LogP contribution in [0, 0.1) is 27.7 Å². The lowest BCUT2D eigenvalue weighted by Gasteiger charge is -2.18. The Morgan fingerprint density at radius 3 is 1.44 bits per heavy atom. The van der Waals surface area contributed by atoms with E-state index in [0.717, 1.165) is 44.7 Å². The number of nitrogens with zero attached hydrogens (tertiary/aromatic N) is 9. The number of furan rings is 2. The van der Waals surface area contributed by atoms with Gasteiger partial charge in [0.15, 0.2) is 33.2 Å². The Labute approximate surface area is 521 Å². The molecule has 0 saturated carbocycles. The number of fused-ring (bicyclic) bond motifs is 8. The Morgan fingerprint density at radius 1 is 0.416 bits per heavy atom. The monoisotopic (exact) mass is 1180 g/mol. The SMILES string of the molecule is Cc1ccc2c(oc3ccccc32)c1-c1n(C)cc[n+]1C.Cc1ccc2c(oc3ncccc32)c1-c1n(C)cc[n+]1C.Cc1ccccc1-c1n(-c2c(C(C)C)cccc2C(C)C)c2ccccc2[n+]1C.Cc1ccccc1-c1n(C)c2ccccc2[n+]1C. The van der Waals surface area contributed by atoms with Gasteiger partial charge in [0, 0.05) is 38.9 Å². The van der Waals surface area contributed by atoms with Crippen LogP contribution in [0.1, 0.15) is 72.9 Å². The molecule has 15 rings (SSSR count). The summed E-state index contributed by atoms with van der Waals surface area (Å²) < 4.78 is 30.1. The lowest BCUT2D eigenvalue weighted by atomic mass is 9.92. The number of aromatic nitrogens is 9. The van der Waals surface area contributed by atoms with Gasteiger partial charge in [0.2, 0.25) is 5.71 Å². The average Bonchev–Trinajstić information content (AvgIpc) is 1.67. The lowest BCUT2D eigenvalue weighted by molar-refractivity contribution is -0.659. The van der Waals surface area contributed by atoms with E-state index in [9.17, 15) is 0 Å². The van der Waals surface area contributed by atoms with Gasteiger partial charge in [-0.3, -0.25) is 0 Å². The Balaban J connectivity index is 0.000000117. The number of pyridine rings is 1. The molecule has 11 heteroatoms. The summed E-state index contributed by atoms with van der Waals surface area (Å²) in [5, 5.41) is 4.52. The van der Waals surface area contributed by atoms with E-state index in [1.165, 1.54) is 100 Å². The van der Waals surface area contributed by atoms with Gasteiger partial charge in [-0.25, -0.2) is 37.0 Å². The molecule has 7 heterocycles. The molecular formula is C78H81N9O2+4. The number of rotatable bonds is 7. The fraction of sp³-hybridized carbons (Fsp3) is 0.218. The molecule has 0 unspecified atom stereocenters. The van der Waals surface area contributed by atoms with Gasteiger partial charge in [0.1, 0.15) is 47.2 Å². The van der Waals surface area contributed by atoms with Crippen molar-refractivity contribution in [3.63, 3.8) is 0 Å². The van der Waals surface area contributed by atoms with E-state index in [1.807, 2.05) is 18.2 Å². The number of para-hydroxylation sites is 6. The third-order valence-corrected chi connectivity index (χ3v) is 17.8. The van der Waals surface area contributed by atoms with Crippen LogP contribution in [0.4, 0.5) is 0 Å². The summed E-state index contributed by atoms with van der Waals surface area (Å²) in [5.74, 6) is 5.64. The van der Waals surface area contributed by atoms with E-state index < -0.39 is 0 Å². The zero-order valence-corrected chi connectivity index (χ0v) is 54.1. The molecule has 0 bridgehead atoms. The van der Waals surface area contributed by atoms with Gasteiger partial charge in [-0.15, -0.1) is 0 Å². The highest BCUT2D eigenvalue weighted by molar-refractivity contribution is 6.10. The van der Waals surface area contributed by atoms with E-state index in [2.05, 4.69) is 329 Å². The van der Waals surface area contributed by atoms with Crippen LogP contribution in [0.3, 0.4) is 0 Å². The van der Waals surface area contributed by atoms with E-state index in [-0.39, 0.29) is 0 Å². The van der Waals surface area contributed by atoms with Crippen molar-refractivity contribution in [3.8, 4) is 51.2 Å². The molecule has 8 aromatic carbocycles. The topological polar surface area (TPSA) is 74.4 Å². The molecule has 0 aliphatic rings. The van der Waals surface area contributed by atoms with Crippen LogP contribution in [0.15, 0.2) is 216 Å². The fourth-order valence-corrected chi connectivity index (χ4v) is 13.2. The van der Waals surface area contributed by atoms with Crippen molar-refractivity contribution >= 4 is 66.1 Å². The summed E-state index contributed by atoms with van der Waals surface area (Å²) >= 11 is 0. The minimum atomic E-state index is 0.444. The van der Waals surface area contributed by atoms with Crippen molar-refractivity contribution in [2.75, 3.05) is 0 Å². The first-order chi connectivity index (χ1) is 42.9. The smallest absolute Gasteiger partial charge is 0.295 e. The predicted molar refractivity (Wildman–Crippen MR) is 363 cm³/mol. The van der Waals surface area contributed by atoms with Crippen LogP contribution in [-0.2, 0) is 49.3 Å². The van der Waals surface area contributed by atoms with E-state index in [1.54, 1.807) is 6.20 Å². The fourth-order valence-electron chi connectivity index (χ4n) is 13.2. The largest absolute Gasteiger partial charge is 0.455 e. The highest BCUT2D eigenvalue weighted by Crippen LogP contribution is 2.40. The van der Waals surface area contributed by atoms with Gasteiger partial charge in [-0.1, -0.05) is 149 Å². The van der Waals surface area contributed by atoms with Crippen molar-refractivity contribution in [3.05, 3.63) is 240 Å². The van der Waals surface area contributed by atoms with E-state index in [4.69, 9.17) is 8.83 Å². The van der Waals surface area contributed by atoms with Gasteiger partial charge in [0.25, 0.3) is 23.3 Å². The van der Waals surface area contributed by atoms with Gasteiger partial charge < -0.3 is 8.83 Å². The van der Waals surface area contributed by atoms with E-state index >= 15 is 0 Å². The Hall–Kier alpha value is -10.1. The second-order valence-corrected chi connectivity index (χ2v) is 24.4. The third kappa shape index (κ3) is 10.6. The number of hydrogen-bond donors (Lipinski definition) is 0. The Kier molecular flexibility index (Phi) is 16.1. The summed E-state index contributed by atoms with van der Waals surface area (Å²) in [6.07, 6.45) is 10.00. The van der Waals surface area contributed by atoms with Gasteiger partial charge in [0.05, 0.1) is 60.5 Å². The molecule has 11 nitrogen and oxygen atoms in total. The molecule has 446 valence electrons. The maximum atomic E-state index is 6.17. The van der Waals surface area contributed by atoms with Crippen molar-refractivity contribution in [1.82, 2.24) is 23.3 Å². The summed E-state index contributed by atoms with van der Waals surface area (Å²) in [6.45, 7) is 17.8. The molecule has 89 heavy (non-hydrogen) atoms. The summed E-state index contributed by atoms with van der Waals surface area (Å²) in [5.41, 5.74) is 22.5. The van der Waals surface area contributed by atoms with Crippen LogP contribution in [0.2, 0.25) is 0 Å². The van der Waals surface area contributed by atoms with Gasteiger partial charge in [-0.2, -0.15) is 4.57 Å². The standard InChI is InChI=1S/C27H31N2.C18H17N2O.C17H16N3O.C16H17N2/c1-18(2)21-14-11-15-22(19(3)4)26(21)29-25-17-10-9-16-24(25)28(6)27(29)23-13-8-7-12-20(23)5;1-12-8-9-14-13-6-4-5-7-15(13)21-17(14)16(12)18-19(2)10-11-20(18)3;1-11-6-7-12-13-5-4-8-18-16(13)21-15(12)14(11)17-19(2)9-10-20(17)3;1-12-8-4-5-9-13(12)16-17(2)14-10-6-7-11-15(14)18(16)3/h7-19H,1-6H3;4-11H,1-3H3;4-10H,1-3H3;4-11H,1-3H3/q4*+1. The normalized spacial score (nSPS) is 11.5. The Morgan fingerprint density at radius 2 is 0.888 bits per heavy atom. The molecule has 0 N–H and O–H groups in total. The molecule has 15 aromatic rings. The molecular weight excluding hydrogens is 1090 g/mol. The highest BCUT2D eigenvalue weighted by Gasteiger charge is 2.32. The maximum Gasteiger partial charge on any atom is 0.295 e. The Bertz CT molecular complexity index is 4860. The molecule has 0 aliphatic carbocycles. The van der Waals surface area contributed by atoms with Crippen molar-refractivity contribution in [2.45, 2.75) is 67.2 Å². The average molecular weight is 1180 g/mol. The second kappa shape index (κ2) is 24.2. The van der Waals surface area contributed by atoms with E-state index in [0.29, 0.717) is 17.5 Å². The minimum Gasteiger partial charge on any atom is -0.455 e. The molecule has 7 aromatic heterocycles. The zero-order valence-electron chi connectivity index (χ0n) is 54.1. The zero-order chi connectivity index (χ0) is 62.5. The number of benzene rings is 8. The van der Waals surface area contributed by atoms with Crippen LogP contribution in [0.25, 0.3) is 117 Å². The first-order valence-electron chi connectivity index (χ1n) is 30.8. The number of aryl methyl sites for hydroxylation is 11. The van der Waals surface area contributed by atoms with Crippen molar-refractivity contribution in [1.29, 1.82) is 0 Å². The molecule has 0 aliphatic heterocycles. The van der Waals surface area contributed by atoms with Crippen molar-refractivity contribution < 1.29 is 27.1 Å². The molecule has 0 atom stereocenters. The quantitative estimate of drug-likeness (QED) is 0.149. The molecule has 0 spiro atoms. The molecule has 0 amide bonds. The summed E-state index contributed by atoms with van der Waals surface area (Å²) in [7, 11) is 14.7. The molecule has 0 saturated heterocycles. The molecule has 0 fully saturated rings. The van der Waals surface area contributed by atoms with Gasteiger partial charge in [-0.05, 0) is 116 Å².